The maximum Gasteiger partial charge on any atom is 0.328 e. The molecule has 1 aromatic carbocycles. The Morgan fingerprint density at radius 2 is 2.05 bits per heavy atom. The van der Waals surface area contributed by atoms with Crippen molar-refractivity contribution in [3.63, 3.8) is 0 Å². The molecule has 5 nitrogen and oxygen atoms in total. The number of benzene rings is 1. The average Bonchev–Trinajstić information content (AvgIpc) is 2.34. The highest BCUT2D eigenvalue weighted by atomic mass is 19.1. The van der Waals surface area contributed by atoms with Gasteiger partial charge in [-0.25, -0.2) is 9.18 Å². The van der Waals surface area contributed by atoms with Gasteiger partial charge in [0.25, 0.3) is 0 Å². The van der Waals surface area contributed by atoms with E-state index in [1.54, 1.807) is 6.07 Å². The molecular formula is C15H19FN2O3. The lowest BCUT2D eigenvalue weighted by Crippen LogP contribution is -2.38. The minimum absolute atomic E-state index is 0.0683. The molecule has 0 unspecified atom stereocenters. The third kappa shape index (κ3) is 6.18. The predicted octanol–water partition coefficient (Wildman–Crippen LogP) is 1.62. The maximum absolute atomic E-state index is 13.6. The molecule has 1 aromatic rings. The summed E-state index contributed by atoms with van der Waals surface area (Å²) in [6, 6.07) is 4.35. The molecule has 0 aliphatic heterocycles. The van der Waals surface area contributed by atoms with E-state index in [-0.39, 0.29) is 12.6 Å². The number of nitrogens with two attached hydrogens (primary N) is 1. The van der Waals surface area contributed by atoms with Gasteiger partial charge in [0.05, 0.1) is 6.54 Å². The van der Waals surface area contributed by atoms with Crippen molar-refractivity contribution >= 4 is 18.0 Å². The molecule has 0 atom stereocenters. The van der Waals surface area contributed by atoms with Crippen LogP contribution in [-0.2, 0) is 16.1 Å². The molecule has 0 aliphatic rings. The van der Waals surface area contributed by atoms with Crippen molar-refractivity contribution < 1.29 is 19.1 Å². The van der Waals surface area contributed by atoms with E-state index in [2.05, 4.69) is 0 Å². The van der Waals surface area contributed by atoms with Gasteiger partial charge in [-0.3, -0.25) is 9.69 Å². The summed E-state index contributed by atoms with van der Waals surface area (Å²) >= 11 is 0. The third-order valence-corrected chi connectivity index (χ3v) is 2.87. The fraction of sp³-hybridized carbons (Fsp3) is 0.333. The molecule has 0 bridgehead atoms. The summed E-state index contributed by atoms with van der Waals surface area (Å²) in [6.45, 7) is 4.25. The van der Waals surface area contributed by atoms with Crippen molar-refractivity contribution in [2.75, 3.05) is 6.54 Å². The first-order chi connectivity index (χ1) is 9.77. The van der Waals surface area contributed by atoms with Gasteiger partial charge in [0.15, 0.2) is 0 Å². The van der Waals surface area contributed by atoms with Crippen molar-refractivity contribution in [3.05, 3.63) is 41.2 Å². The molecule has 114 valence electrons. The van der Waals surface area contributed by atoms with Crippen LogP contribution in [0.15, 0.2) is 24.3 Å². The molecular weight excluding hydrogens is 275 g/mol. The quantitative estimate of drug-likeness (QED) is 0.748. The summed E-state index contributed by atoms with van der Waals surface area (Å²) < 4.78 is 13.6. The highest BCUT2D eigenvalue weighted by Gasteiger charge is 2.13. The number of amides is 1. The molecule has 0 spiro atoms. The van der Waals surface area contributed by atoms with Crippen molar-refractivity contribution in [2.45, 2.75) is 26.4 Å². The zero-order chi connectivity index (χ0) is 16.0. The Bertz CT molecular complexity index is 556. The van der Waals surface area contributed by atoms with E-state index in [9.17, 15) is 14.0 Å². The Labute approximate surface area is 122 Å². The van der Waals surface area contributed by atoms with Crippen molar-refractivity contribution in [3.8, 4) is 0 Å². The first-order valence-electron chi connectivity index (χ1n) is 6.50. The van der Waals surface area contributed by atoms with Crippen molar-refractivity contribution in [1.29, 1.82) is 0 Å². The summed E-state index contributed by atoms with van der Waals surface area (Å²) in [7, 11) is 0. The lowest BCUT2D eigenvalue weighted by atomic mass is 10.1. The van der Waals surface area contributed by atoms with Crippen LogP contribution in [0.1, 0.15) is 25.0 Å². The zero-order valence-corrected chi connectivity index (χ0v) is 12.0. The summed E-state index contributed by atoms with van der Waals surface area (Å²) in [5.74, 6) is -2.01. The van der Waals surface area contributed by atoms with E-state index < -0.39 is 17.7 Å². The zero-order valence-electron chi connectivity index (χ0n) is 12.0. The topological polar surface area (TPSA) is 83.6 Å². The van der Waals surface area contributed by atoms with Gasteiger partial charge in [-0.2, -0.15) is 0 Å². The Kier molecular flexibility index (Phi) is 6.05. The fourth-order valence-electron chi connectivity index (χ4n) is 1.89. The Balaban J connectivity index is 2.96. The van der Waals surface area contributed by atoms with Gasteiger partial charge >= 0.3 is 5.97 Å². The lowest BCUT2D eigenvalue weighted by Gasteiger charge is -2.25. The molecule has 0 saturated carbocycles. The molecule has 1 rings (SSSR count). The first-order valence-corrected chi connectivity index (χ1v) is 6.50. The molecule has 3 N–H and O–H groups in total. The summed E-state index contributed by atoms with van der Waals surface area (Å²) in [6.07, 6.45) is 2.27. The van der Waals surface area contributed by atoms with E-state index in [1.165, 1.54) is 18.2 Å². The number of nitrogens with zero attached hydrogens (tertiary/aromatic N) is 1. The number of carboxylic acid groups (broad SMARTS) is 1. The van der Waals surface area contributed by atoms with Crippen LogP contribution in [0.3, 0.4) is 0 Å². The van der Waals surface area contributed by atoms with Gasteiger partial charge in [-0.05, 0) is 43.2 Å². The van der Waals surface area contributed by atoms with Gasteiger partial charge in [0.1, 0.15) is 5.82 Å². The number of primary amides is 1. The van der Waals surface area contributed by atoms with E-state index in [0.717, 1.165) is 6.08 Å². The maximum atomic E-state index is 13.6. The first kappa shape index (κ1) is 16.8. The average molecular weight is 294 g/mol. The second-order valence-corrected chi connectivity index (χ2v) is 5.03. The Morgan fingerprint density at radius 3 is 2.57 bits per heavy atom. The van der Waals surface area contributed by atoms with Crippen LogP contribution < -0.4 is 5.73 Å². The largest absolute Gasteiger partial charge is 0.478 e. The SMILES string of the molecule is CC(C)N(CC(N)=O)Cc1cc(F)cc(C=CC(=O)O)c1. The van der Waals surface area contributed by atoms with E-state index in [4.69, 9.17) is 10.8 Å². The highest BCUT2D eigenvalue weighted by Crippen LogP contribution is 2.14. The van der Waals surface area contributed by atoms with Crippen LogP contribution in [0.2, 0.25) is 0 Å². The van der Waals surface area contributed by atoms with Crippen LogP contribution in [0.25, 0.3) is 6.08 Å². The summed E-state index contributed by atoms with van der Waals surface area (Å²) in [4.78, 5) is 23.3. The molecule has 0 saturated heterocycles. The number of halogens is 1. The minimum Gasteiger partial charge on any atom is -0.478 e. The number of carbonyl (C=O) groups is 2. The number of hydrogen-bond donors (Lipinski definition) is 2. The Hall–Kier alpha value is -2.21. The molecule has 0 aliphatic carbocycles. The lowest BCUT2D eigenvalue weighted by molar-refractivity contribution is -0.131. The molecule has 1 amide bonds. The third-order valence-electron chi connectivity index (χ3n) is 2.87. The Morgan fingerprint density at radius 1 is 1.38 bits per heavy atom. The summed E-state index contributed by atoms with van der Waals surface area (Å²) in [5, 5.41) is 8.59. The van der Waals surface area contributed by atoms with Crippen LogP contribution in [0.4, 0.5) is 4.39 Å². The van der Waals surface area contributed by atoms with Gasteiger partial charge < -0.3 is 10.8 Å². The number of aliphatic carboxylic acids is 1. The monoisotopic (exact) mass is 294 g/mol. The van der Waals surface area contributed by atoms with E-state index in [1.807, 2.05) is 18.7 Å². The van der Waals surface area contributed by atoms with Gasteiger partial charge in [0.2, 0.25) is 5.91 Å². The van der Waals surface area contributed by atoms with Crippen LogP contribution in [0.5, 0.6) is 0 Å². The second-order valence-electron chi connectivity index (χ2n) is 5.03. The molecule has 6 heteroatoms. The minimum atomic E-state index is -1.10. The molecule has 0 heterocycles. The normalized spacial score (nSPS) is 11.5. The van der Waals surface area contributed by atoms with Gasteiger partial charge in [-0.15, -0.1) is 0 Å². The molecule has 0 aromatic heterocycles. The van der Waals surface area contributed by atoms with Gasteiger partial charge in [-0.1, -0.05) is 6.07 Å². The molecule has 0 radical (unpaired) electrons. The smallest absolute Gasteiger partial charge is 0.328 e. The van der Waals surface area contributed by atoms with Crippen molar-refractivity contribution in [2.24, 2.45) is 5.73 Å². The molecule has 0 fully saturated rings. The molecule has 21 heavy (non-hydrogen) atoms. The van der Waals surface area contributed by atoms with Crippen LogP contribution >= 0.6 is 0 Å². The van der Waals surface area contributed by atoms with Crippen LogP contribution in [-0.4, -0.2) is 34.5 Å². The summed E-state index contributed by atoms with van der Waals surface area (Å²) in [5.41, 5.74) is 6.30. The standard InChI is InChI=1S/C15H19FN2O3/c1-10(2)18(9-14(17)19)8-12-5-11(3-4-15(20)21)6-13(16)7-12/h3-7,10H,8-9H2,1-2H3,(H2,17,19)(H,20,21). The number of hydrogen-bond acceptors (Lipinski definition) is 3. The second kappa shape index (κ2) is 7.54. The van der Waals surface area contributed by atoms with Crippen molar-refractivity contribution in [1.82, 2.24) is 4.90 Å². The number of carbonyl (C=O) groups excluding carboxylic acids is 1. The van der Waals surface area contributed by atoms with E-state index >= 15 is 0 Å². The number of rotatable bonds is 7. The van der Waals surface area contributed by atoms with Crippen LogP contribution in [0, 0.1) is 5.82 Å². The predicted molar refractivity (Wildman–Crippen MR) is 77.8 cm³/mol. The van der Waals surface area contributed by atoms with E-state index in [0.29, 0.717) is 17.7 Å². The highest BCUT2D eigenvalue weighted by molar-refractivity contribution is 5.85. The fourth-order valence-corrected chi connectivity index (χ4v) is 1.89. The van der Waals surface area contributed by atoms with Gasteiger partial charge in [0, 0.05) is 18.7 Å². The number of carboxylic acids is 1.